The summed E-state index contributed by atoms with van der Waals surface area (Å²) in [5.74, 6) is -0.210. The number of aryl methyl sites for hydroxylation is 2. The van der Waals surface area contributed by atoms with Gasteiger partial charge in [-0.25, -0.2) is 4.79 Å². The van der Waals surface area contributed by atoms with E-state index in [0.29, 0.717) is 32.9 Å². The average Bonchev–Trinajstić information content (AvgIpc) is 2.92. The van der Waals surface area contributed by atoms with E-state index in [-0.39, 0.29) is 11.1 Å². The summed E-state index contributed by atoms with van der Waals surface area (Å²) in [6.07, 6.45) is -1.71. The monoisotopic (exact) mass is 294 g/mol. The molecule has 0 spiro atoms. The Balaban J connectivity index is 2.54. The number of benzene rings is 1. The zero-order valence-electron chi connectivity index (χ0n) is 10.7. The number of aliphatic carboxylic acids is 1. The number of rotatable bonds is 2. The van der Waals surface area contributed by atoms with Crippen molar-refractivity contribution in [3.8, 4) is 0 Å². The third-order valence-corrected chi connectivity index (χ3v) is 3.56. The fourth-order valence-electron chi connectivity index (χ4n) is 2.39. The molecule has 0 saturated carbocycles. The van der Waals surface area contributed by atoms with E-state index < -0.39 is 12.1 Å². The van der Waals surface area contributed by atoms with Crippen molar-refractivity contribution in [3.05, 3.63) is 34.2 Å². The number of fused-ring (bicyclic) bond motifs is 2. The van der Waals surface area contributed by atoms with Gasteiger partial charge in [0.05, 0.1) is 5.02 Å². The van der Waals surface area contributed by atoms with Gasteiger partial charge in [-0.2, -0.15) is 0 Å². The van der Waals surface area contributed by atoms with Crippen LogP contribution in [0.4, 0.5) is 0 Å². The van der Waals surface area contributed by atoms with Gasteiger partial charge in [0.1, 0.15) is 17.1 Å². The first-order valence-electron chi connectivity index (χ1n) is 5.92. The third kappa shape index (κ3) is 1.71. The molecule has 1 unspecified atom stereocenters. The summed E-state index contributed by atoms with van der Waals surface area (Å²) in [5, 5.41) is 20.4. The maximum Gasteiger partial charge on any atom is 0.337 e. The predicted molar refractivity (Wildman–Crippen MR) is 73.1 cm³/mol. The smallest absolute Gasteiger partial charge is 0.337 e. The normalized spacial score (nSPS) is 13.2. The van der Waals surface area contributed by atoms with Crippen molar-refractivity contribution in [3.63, 3.8) is 0 Å². The van der Waals surface area contributed by atoms with Crippen LogP contribution in [0, 0.1) is 13.8 Å². The Morgan fingerprint density at radius 2 is 1.70 bits per heavy atom. The molecule has 0 bridgehead atoms. The molecule has 0 fully saturated rings. The molecule has 0 aliphatic heterocycles. The van der Waals surface area contributed by atoms with E-state index in [1.807, 2.05) is 0 Å². The Bertz CT molecular complexity index is 785. The molecule has 2 heterocycles. The van der Waals surface area contributed by atoms with Crippen LogP contribution in [-0.2, 0) is 4.79 Å². The van der Waals surface area contributed by atoms with Gasteiger partial charge in [0.15, 0.2) is 11.7 Å². The highest BCUT2D eigenvalue weighted by Gasteiger charge is 2.27. The van der Waals surface area contributed by atoms with Gasteiger partial charge in [-0.05, 0) is 26.0 Å². The Kier molecular flexibility index (Phi) is 2.77. The van der Waals surface area contributed by atoms with Crippen LogP contribution in [0.5, 0.6) is 0 Å². The van der Waals surface area contributed by atoms with Crippen molar-refractivity contribution < 1.29 is 23.8 Å². The van der Waals surface area contributed by atoms with E-state index in [9.17, 15) is 9.90 Å². The number of hydrogen-bond acceptors (Lipinski definition) is 4. The Morgan fingerprint density at radius 1 is 1.15 bits per heavy atom. The first kappa shape index (κ1) is 13.0. The first-order chi connectivity index (χ1) is 9.40. The largest absolute Gasteiger partial charge is 0.479 e. The predicted octanol–water partition coefficient (Wildman–Crippen LogP) is 3.57. The Hall–Kier alpha value is -1.98. The summed E-state index contributed by atoms with van der Waals surface area (Å²) in [4.78, 5) is 11.1. The van der Waals surface area contributed by atoms with Crippen molar-refractivity contribution >= 4 is 39.5 Å². The molecule has 1 atom stereocenters. The molecular weight excluding hydrogens is 284 g/mol. The summed E-state index contributed by atoms with van der Waals surface area (Å²) < 4.78 is 11.0. The van der Waals surface area contributed by atoms with E-state index in [2.05, 4.69) is 0 Å². The zero-order chi connectivity index (χ0) is 14.6. The van der Waals surface area contributed by atoms with Crippen LogP contribution in [0.2, 0.25) is 5.02 Å². The number of carboxylic acid groups (broad SMARTS) is 1. The Labute approximate surface area is 118 Å². The molecule has 3 aromatic rings. The molecule has 20 heavy (non-hydrogen) atoms. The van der Waals surface area contributed by atoms with Crippen LogP contribution in [-0.4, -0.2) is 16.2 Å². The molecular formula is C14H11ClO5. The van der Waals surface area contributed by atoms with Gasteiger partial charge in [0.2, 0.25) is 0 Å². The van der Waals surface area contributed by atoms with Crippen molar-refractivity contribution in [2.45, 2.75) is 20.0 Å². The lowest BCUT2D eigenvalue weighted by atomic mass is 10.0. The van der Waals surface area contributed by atoms with Crippen molar-refractivity contribution in [1.29, 1.82) is 0 Å². The Morgan fingerprint density at radius 3 is 2.30 bits per heavy atom. The van der Waals surface area contributed by atoms with Gasteiger partial charge in [0.25, 0.3) is 0 Å². The van der Waals surface area contributed by atoms with Gasteiger partial charge in [-0.1, -0.05) is 11.6 Å². The molecule has 0 radical (unpaired) electrons. The highest BCUT2D eigenvalue weighted by molar-refractivity contribution is 6.40. The van der Waals surface area contributed by atoms with Crippen molar-refractivity contribution in [2.75, 3.05) is 0 Å². The molecule has 3 rings (SSSR count). The quantitative estimate of drug-likeness (QED) is 0.755. The molecule has 0 amide bonds. The maximum atomic E-state index is 11.1. The summed E-state index contributed by atoms with van der Waals surface area (Å²) in [5.41, 5.74) is 0.792. The molecule has 2 aromatic heterocycles. The lowest BCUT2D eigenvalue weighted by Gasteiger charge is -2.09. The van der Waals surface area contributed by atoms with Crippen LogP contribution in [0.1, 0.15) is 23.2 Å². The summed E-state index contributed by atoms with van der Waals surface area (Å²) >= 11 is 6.27. The number of halogens is 1. The maximum absolute atomic E-state index is 11.1. The molecule has 0 aliphatic carbocycles. The molecule has 2 N–H and O–H groups in total. The number of furan rings is 2. The number of carbonyl (C=O) groups is 1. The van der Waals surface area contributed by atoms with Crippen LogP contribution in [0.15, 0.2) is 21.0 Å². The lowest BCUT2D eigenvalue weighted by Crippen LogP contribution is -2.11. The van der Waals surface area contributed by atoms with Crippen LogP contribution in [0.3, 0.4) is 0 Å². The first-order valence-corrected chi connectivity index (χ1v) is 6.30. The van der Waals surface area contributed by atoms with Gasteiger partial charge in [-0.3, -0.25) is 0 Å². The van der Waals surface area contributed by atoms with Gasteiger partial charge in [0, 0.05) is 16.3 Å². The number of aliphatic hydroxyl groups excluding tert-OH is 1. The molecule has 0 aliphatic rings. The second-order valence-corrected chi connectivity index (χ2v) is 5.05. The highest BCUT2D eigenvalue weighted by Crippen LogP contribution is 2.41. The molecule has 6 heteroatoms. The summed E-state index contributed by atoms with van der Waals surface area (Å²) in [7, 11) is 0. The van der Waals surface area contributed by atoms with E-state index >= 15 is 0 Å². The minimum Gasteiger partial charge on any atom is -0.479 e. The third-order valence-electron chi connectivity index (χ3n) is 3.19. The molecule has 5 nitrogen and oxygen atoms in total. The van der Waals surface area contributed by atoms with Crippen LogP contribution in [0.25, 0.3) is 21.9 Å². The minimum absolute atomic E-state index is 0.164. The van der Waals surface area contributed by atoms with Gasteiger partial charge in [-0.15, -0.1) is 0 Å². The molecule has 0 saturated heterocycles. The van der Waals surface area contributed by atoms with E-state index in [1.54, 1.807) is 26.0 Å². The van der Waals surface area contributed by atoms with Crippen LogP contribution >= 0.6 is 11.6 Å². The fraction of sp³-hybridized carbons (Fsp3) is 0.214. The summed E-state index contributed by atoms with van der Waals surface area (Å²) in [6.45, 7) is 3.45. The van der Waals surface area contributed by atoms with E-state index in [4.69, 9.17) is 25.5 Å². The standard InChI is InChI=1S/C14H11ClO5/c1-5-3-7-9(11(16)14(17)18)12-8(4-6(2)19-12)10(15)13(7)20-5/h3-4,11,16H,1-2H3,(H,17,18). The van der Waals surface area contributed by atoms with Crippen molar-refractivity contribution in [2.24, 2.45) is 0 Å². The van der Waals surface area contributed by atoms with E-state index in [0.717, 1.165) is 0 Å². The van der Waals surface area contributed by atoms with Crippen molar-refractivity contribution in [1.82, 2.24) is 0 Å². The number of hydrogen-bond donors (Lipinski definition) is 2. The molecule has 104 valence electrons. The van der Waals surface area contributed by atoms with Gasteiger partial charge < -0.3 is 19.0 Å². The summed E-state index contributed by atoms with van der Waals surface area (Å²) in [6, 6.07) is 3.33. The van der Waals surface area contributed by atoms with E-state index in [1.165, 1.54) is 0 Å². The fourth-order valence-corrected chi connectivity index (χ4v) is 2.68. The minimum atomic E-state index is -1.71. The average molecular weight is 295 g/mol. The zero-order valence-corrected chi connectivity index (χ0v) is 11.5. The topological polar surface area (TPSA) is 83.8 Å². The number of carboxylic acids is 1. The second-order valence-electron chi connectivity index (χ2n) is 4.67. The number of aliphatic hydroxyl groups is 1. The van der Waals surface area contributed by atoms with Gasteiger partial charge >= 0.3 is 5.97 Å². The second kappa shape index (κ2) is 4.26. The highest BCUT2D eigenvalue weighted by atomic mass is 35.5. The SMILES string of the molecule is Cc1cc2c(C(O)C(=O)O)c3oc(C)cc3c(Cl)c2o1. The lowest BCUT2D eigenvalue weighted by molar-refractivity contribution is -0.146. The van der Waals surface area contributed by atoms with Crippen LogP contribution < -0.4 is 0 Å². The molecule has 1 aromatic carbocycles.